The average Bonchev–Trinajstić information content (AvgIpc) is 3.17. The summed E-state index contributed by atoms with van der Waals surface area (Å²) < 4.78 is 0. The Morgan fingerprint density at radius 3 is 2.62 bits per heavy atom. The molecule has 3 rings (SSSR count). The molecule has 8 heteroatoms. The first-order valence-corrected chi connectivity index (χ1v) is 8.55. The fourth-order valence-electron chi connectivity index (χ4n) is 3.09. The van der Waals surface area contributed by atoms with Crippen molar-refractivity contribution in [2.24, 2.45) is 0 Å². The van der Waals surface area contributed by atoms with Crippen LogP contribution in [-0.4, -0.2) is 72.0 Å². The highest BCUT2D eigenvalue weighted by atomic mass is 16.2. The zero-order valence-electron chi connectivity index (χ0n) is 13.8. The summed E-state index contributed by atoms with van der Waals surface area (Å²) in [5, 5.41) is 6.00. The van der Waals surface area contributed by atoms with Crippen LogP contribution in [0.5, 0.6) is 0 Å². The van der Waals surface area contributed by atoms with Crippen molar-refractivity contribution in [3.05, 3.63) is 18.5 Å². The number of amides is 2. The molecule has 1 aromatic heterocycles. The standard InChI is InChI=1S/C16H24N6O2/c23-14(4-8-18-15(24)13-3-1-5-17-13)21-9-11-22(12-10-21)16-19-6-2-7-20-16/h2,6-7,13,17H,1,3-5,8-12H2,(H,18,24). The van der Waals surface area contributed by atoms with E-state index in [1.165, 1.54) is 0 Å². The smallest absolute Gasteiger partial charge is 0.237 e. The average molecular weight is 332 g/mol. The zero-order chi connectivity index (χ0) is 16.8. The van der Waals surface area contributed by atoms with Crippen molar-refractivity contribution < 1.29 is 9.59 Å². The van der Waals surface area contributed by atoms with Gasteiger partial charge in [-0.25, -0.2) is 9.97 Å². The highest BCUT2D eigenvalue weighted by molar-refractivity contribution is 5.83. The number of carbonyl (C=O) groups is 2. The topological polar surface area (TPSA) is 90.5 Å². The molecule has 0 radical (unpaired) electrons. The van der Waals surface area contributed by atoms with Crippen LogP contribution < -0.4 is 15.5 Å². The van der Waals surface area contributed by atoms with Crippen LogP contribution in [0.15, 0.2) is 18.5 Å². The van der Waals surface area contributed by atoms with Gasteiger partial charge in [-0.15, -0.1) is 0 Å². The van der Waals surface area contributed by atoms with E-state index < -0.39 is 0 Å². The van der Waals surface area contributed by atoms with Gasteiger partial charge in [-0.3, -0.25) is 9.59 Å². The number of hydrogen-bond donors (Lipinski definition) is 2. The number of nitrogens with one attached hydrogen (secondary N) is 2. The molecule has 1 aromatic rings. The van der Waals surface area contributed by atoms with Crippen molar-refractivity contribution in [3.63, 3.8) is 0 Å². The molecule has 2 amide bonds. The second-order valence-electron chi connectivity index (χ2n) is 6.11. The van der Waals surface area contributed by atoms with Gasteiger partial charge in [0.25, 0.3) is 0 Å². The first kappa shape index (κ1) is 16.6. The van der Waals surface area contributed by atoms with Crippen LogP contribution >= 0.6 is 0 Å². The lowest BCUT2D eigenvalue weighted by Crippen LogP contribution is -2.50. The second-order valence-corrected chi connectivity index (χ2v) is 6.11. The molecule has 2 saturated heterocycles. The molecule has 0 bridgehead atoms. The van der Waals surface area contributed by atoms with Gasteiger partial charge in [-0.1, -0.05) is 0 Å². The molecular formula is C16H24N6O2. The number of carbonyl (C=O) groups excluding carboxylic acids is 2. The maximum atomic E-state index is 12.3. The molecule has 8 nitrogen and oxygen atoms in total. The molecule has 2 aliphatic rings. The number of piperazine rings is 1. The van der Waals surface area contributed by atoms with Crippen molar-refractivity contribution in [1.82, 2.24) is 25.5 Å². The Balaban J connectivity index is 1.37. The third-order valence-electron chi connectivity index (χ3n) is 4.48. The quantitative estimate of drug-likeness (QED) is 0.747. The van der Waals surface area contributed by atoms with E-state index in [9.17, 15) is 9.59 Å². The summed E-state index contributed by atoms with van der Waals surface area (Å²) >= 11 is 0. The summed E-state index contributed by atoms with van der Waals surface area (Å²) in [5.41, 5.74) is 0. The second kappa shape index (κ2) is 8.05. The Hall–Kier alpha value is -2.22. The van der Waals surface area contributed by atoms with Gasteiger partial charge in [-0.2, -0.15) is 0 Å². The van der Waals surface area contributed by atoms with Crippen molar-refractivity contribution in [2.45, 2.75) is 25.3 Å². The Morgan fingerprint density at radius 1 is 1.21 bits per heavy atom. The summed E-state index contributed by atoms with van der Waals surface area (Å²) in [5.74, 6) is 0.801. The van der Waals surface area contributed by atoms with Crippen molar-refractivity contribution in [1.29, 1.82) is 0 Å². The summed E-state index contributed by atoms with van der Waals surface area (Å²) in [7, 11) is 0. The molecule has 1 atom stereocenters. The number of hydrogen-bond acceptors (Lipinski definition) is 6. The molecule has 0 saturated carbocycles. The number of anilines is 1. The van der Waals surface area contributed by atoms with Crippen LogP contribution in [0.1, 0.15) is 19.3 Å². The maximum Gasteiger partial charge on any atom is 0.237 e. The fraction of sp³-hybridized carbons (Fsp3) is 0.625. The van der Waals surface area contributed by atoms with E-state index in [1.54, 1.807) is 18.5 Å². The molecule has 24 heavy (non-hydrogen) atoms. The predicted octanol–water partition coefficient (Wildman–Crippen LogP) is -0.616. The Kier molecular flexibility index (Phi) is 5.58. The Bertz CT molecular complexity index is 553. The third kappa shape index (κ3) is 4.19. The van der Waals surface area contributed by atoms with Crippen molar-refractivity contribution in [3.8, 4) is 0 Å². The number of aromatic nitrogens is 2. The molecular weight excluding hydrogens is 308 g/mol. The summed E-state index contributed by atoms with van der Waals surface area (Å²) in [6, 6.07) is 1.70. The first-order chi connectivity index (χ1) is 11.7. The Labute approximate surface area is 141 Å². The van der Waals surface area contributed by atoms with E-state index in [0.29, 0.717) is 32.0 Å². The van der Waals surface area contributed by atoms with Crippen molar-refractivity contribution >= 4 is 17.8 Å². The predicted molar refractivity (Wildman–Crippen MR) is 89.5 cm³/mol. The van der Waals surface area contributed by atoms with Gasteiger partial charge in [0.15, 0.2) is 0 Å². The van der Waals surface area contributed by atoms with E-state index in [4.69, 9.17) is 0 Å². The molecule has 0 aliphatic carbocycles. The minimum absolute atomic E-state index is 0.00588. The fourth-order valence-corrected chi connectivity index (χ4v) is 3.09. The highest BCUT2D eigenvalue weighted by Crippen LogP contribution is 2.10. The van der Waals surface area contributed by atoms with E-state index in [-0.39, 0.29) is 17.9 Å². The van der Waals surface area contributed by atoms with Crippen LogP contribution in [0.3, 0.4) is 0 Å². The molecule has 1 unspecified atom stereocenters. The summed E-state index contributed by atoms with van der Waals surface area (Å²) in [4.78, 5) is 36.5. The van der Waals surface area contributed by atoms with Crippen LogP contribution in [0.25, 0.3) is 0 Å². The van der Waals surface area contributed by atoms with Gasteiger partial charge >= 0.3 is 0 Å². The van der Waals surface area contributed by atoms with Gasteiger partial charge < -0.3 is 20.4 Å². The van der Waals surface area contributed by atoms with Gasteiger partial charge in [0.2, 0.25) is 17.8 Å². The van der Waals surface area contributed by atoms with Crippen LogP contribution in [-0.2, 0) is 9.59 Å². The van der Waals surface area contributed by atoms with Gasteiger partial charge in [0.1, 0.15) is 0 Å². The molecule has 2 N–H and O–H groups in total. The summed E-state index contributed by atoms with van der Waals surface area (Å²) in [6.45, 7) is 4.08. The van der Waals surface area contributed by atoms with E-state index in [2.05, 4.69) is 25.5 Å². The first-order valence-electron chi connectivity index (χ1n) is 8.55. The lowest BCUT2D eigenvalue weighted by atomic mass is 10.2. The highest BCUT2D eigenvalue weighted by Gasteiger charge is 2.24. The number of rotatable bonds is 5. The normalized spacial score (nSPS) is 20.9. The van der Waals surface area contributed by atoms with Gasteiger partial charge in [0.05, 0.1) is 6.04 Å². The zero-order valence-corrected chi connectivity index (χ0v) is 13.8. The molecule has 130 valence electrons. The summed E-state index contributed by atoms with van der Waals surface area (Å²) in [6.07, 6.45) is 5.71. The maximum absolute atomic E-state index is 12.3. The van der Waals surface area contributed by atoms with Gasteiger partial charge in [0, 0.05) is 51.5 Å². The SMILES string of the molecule is O=C(NCCC(=O)N1CCN(c2ncccn2)CC1)C1CCCN1. The van der Waals surface area contributed by atoms with Crippen LogP contribution in [0, 0.1) is 0 Å². The third-order valence-corrected chi connectivity index (χ3v) is 4.48. The minimum Gasteiger partial charge on any atom is -0.354 e. The van der Waals surface area contributed by atoms with Crippen molar-refractivity contribution in [2.75, 3.05) is 44.2 Å². The minimum atomic E-state index is -0.0884. The number of nitrogens with zero attached hydrogens (tertiary/aromatic N) is 4. The van der Waals surface area contributed by atoms with E-state index in [0.717, 1.165) is 32.5 Å². The molecule has 3 heterocycles. The largest absolute Gasteiger partial charge is 0.354 e. The Morgan fingerprint density at radius 2 is 1.96 bits per heavy atom. The molecule has 2 aliphatic heterocycles. The van der Waals surface area contributed by atoms with E-state index >= 15 is 0 Å². The monoisotopic (exact) mass is 332 g/mol. The van der Waals surface area contributed by atoms with Gasteiger partial charge in [-0.05, 0) is 25.5 Å². The lowest BCUT2D eigenvalue weighted by Gasteiger charge is -2.34. The van der Waals surface area contributed by atoms with E-state index in [1.807, 2.05) is 4.90 Å². The molecule has 0 aromatic carbocycles. The molecule has 0 spiro atoms. The van der Waals surface area contributed by atoms with Crippen LogP contribution in [0.4, 0.5) is 5.95 Å². The molecule has 2 fully saturated rings. The van der Waals surface area contributed by atoms with Crippen LogP contribution in [0.2, 0.25) is 0 Å². The lowest BCUT2D eigenvalue weighted by molar-refractivity contribution is -0.131.